The second-order valence-corrected chi connectivity index (χ2v) is 8.35. The second-order valence-electron chi connectivity index (χ2n) is 6.67. The maximum Gasteiger partial charge on any atom is 0.412 e. The first kappa shape index (κ1) is 20.3. The highest BCUT2D eigenvalue weighted by atomic mass is 127. The quantitative estimate of drug-likeness (QED) is 0.272. The van der Waals surface area contributed by atoms with Gasteiger partial charge in [-0.2, -0.15) is 5.26 Å². The molecule has 1 amide bonds. The average Bonchev–Trinajstić information content (AvgIpc) is 2.89. The summed E-state index contributed by atoms with van der Waals surface area (Å²) < 4.78 is 7.00. The van der Waals surface area contributed by atoms with Gasteiger partial charge in [0.25, 0.3) is 0 Å². The fraction of sp³-hybridized carbons (Fsp3) is 0.278. The molecule has 0 unspecified atom stereocenters. The van der Waals surface area contributed by atoms with Crippen molar-refractivity contribution in [2.75, 3.05) is 5.32 Å². The number of anilines is 1. The van der Waals surface area contributed by atoms with Crippen molar-refractivity contribution >= 4 is 58.8 Å². The summed E-state index contributed by atoms with van der Waals surface area (Å²) in [5, 5.41) is 12.5. The van der Waals surface area contributed by atoms with E-state index in [2.05, 4.69) is 33.1 Å². The van der Waals surface area contributed by atoms with Crippen molar-refractivity contribution in [3.63, 3.8) is 0 Å². The van der Waals surface area contributed by atoms with Crippen LogP contribution in [0.1, 0.15) is 36.8 Å². The van der Waals surface area contributed by atoms with Crippen LogP contribution in [-0.2, 0) is 4.74 Å². The molecule has 0 atom stereocenters. The summed E-state index contributed by atoms with van der Waals surface area (Å²) in [6.07, 6.45) is -0.547. The van der Waals surface area contributed by atoms with Gasteiger partial charge in [0.05, 0.1) is 11.1 Å². The first-order valence-electron chi connectivity index (χ1n) is 7.66. The standard InChI is InChI=1S/C18H18IN3O3S/c1-10-6-12-7-15(16(23)11(2)9-20)22(26-19)14(12)8-13(10)21-17(24)25-18(3,4)5/h6-8H,2H2,1,3-5H3,(H,21,24). The van der Waals surface area contributed by atoms with Crippen LogP contribution in [0.2, 0.25) is 0 Å². The summed E-state index contributed by atoms with van der Waals surface area (Å²) in [4.78, 5) is 24.4. The third-order valence-electron chi connectivity index (χ3n) is 3.45. The molecular weight excluding hydrogens is 465 g/mol. The SMILES string of the molecule is C=C(C#N)C(=O)c1cc2cc(C)c(NC(=O)OC(C)(C)C)cc2n1SI. The van der Waals surface area contributed by atoms with Crippen LogP contribution < -0.4 is 5.32 Å². The minimum atomic E-state index is -0.600. The molecule has 0 radical (unpaired) electrons. The van der Waals surface area contributed by atoms with Crippen LogP contribution in [0.5, 0.6) is 0 Å². The molecule has 0 saturated carbocycles. The van der Waals surface area contributed by atoms with Crippen LogP contribution in [0.15, 0.2) is 30.4 Å². The number of aromatic nitrogens is 1. The van der Waals surface area contributed by atoms with Crippen molar-refractivity contribution in [2.24, 2.45) is 0 Å². The van der Waals surface area contributed by atoms with Crippen LogP contribution in [0.4, 0.5) is 10.5 Å². The van der Waals surface area contributed by atoms with Gasteiger partial charge in [-0.3, -0.25) is 14.1 Å². The van der Waals surface area contributed by atoms with E-state index in [1.165, 1.54) is 9.12 Å². The van der Waals surface area contributed by atoms with Crippen LogP contribution >= 0.6 is 30.3 Å². The van der Waals surface area contributed by atoms with Gasteiger partial charge in [0.2, 0.25) is 5.78 Å². The maximum absolute atomic E-state index is 12.4. The second kappa shape index (κ2) is 7.72. The number of hydrogen-bond donors (Lipinski definition) is 1. The van der Waals surface area contributed by atoms with E-state index in [9.17, 15) is 9.59 Å². The van der Waals surface area contributed by atoms with E-state index in [-0.39, 0.29) is 5.57 Å². The first-order valence-corrected chi connectivity index (χ1v) is 11.0. The third kappa shape index (κ3) is 4.40. The van der Waals surface area contributed by atoms with E-state index in [4.69, 9.17) is 10.00 Å². The number of carbonyl (C=O) groups excluding carboxylic acids is 2. The van der Waals surface area contributed by atoms with Gasteiger partial charge in [-0.15, -0.1) is 0 Å². The number of aryl methyl sites for hydroxylation is 1. The Balaban J connectivity index is 2.49. The predicted molar refractivity (Wildman–Crippen MR) is 113 cm³/mol. The highest BCUT2D eigenvalue weighted by Gasteiger charge is 2.21. The van der Waals surface area contributed by atoms with Crippen molar-refractivity contribution in [3.05, 3.63) is 41.6 Å². The molecule has 0 aliphatic rings. The monoisotopic (exact) mass is 483 g/mol. The molecule has 1 N–H and O–H groups in total. The summed E-state index contributed by atoms with van der Waals surface area (Å²) in [5.74, 6) is -0.424. The Morgan fingerprint density at radius 1 is 1.35 bits per heavy atom. The minimum Gasteiger partial charge on any atom is -0.444 e. The molecule has 1 heterocycles. The zero-order valence-corrected chi connectivity index (χ0v) is 17.8. The number of nitrogens with zero attached hydrogens (tertiary/aromatic N) is 2. The molecule has 8 heteroatoms. The van der Waals surface area contributed by atoms with E-state index in [0.29, 0.717) is 11.4 Å². The molecule has 2 aromatic rings. The van der Waals surface area contributed by atoms with Gasteiger partial charge in [-0.05, 0) is 51.5 Å². The molecule has 1 aromatic heterocycles. The number of ketones is 1. The lowest BCUT2D eigenvalue weighted by Gasteiger charge is -2.20. The molecule has 2 rings (SSSR count). The van der Waals surface area contributed by atoms with Gasteiger partial charge in [-0.25, -0.2) is 4.79 Å². The lowest BCUT2D eigenvalue weighted by molar-refractivity contribution is 0.0635. The fourth-order valence-corrected chi connectivity index (χ4v) is 4.05. The third-order valence-corrected chi connectivity index (χ3v) is 5.16. The Morgan fingerprint density at radius 2 is 2.00 bits per heavy atom. The molecule has 0 bridgehead atoms. The fourth-order valence-electron chi connectivity index (χ4n) is 2.33. The topological polar surface area (TPSA) is 84.1 Å². The predicted octanol–water partition coefficient (Wildman–Crippen LogP) is 5.41. The molecule has 6 nitrogen and oxygen atoms in total. The van der Waals surface area contributed by atoms with Crippen LogP contribution in [0.3, 0.4) is 0 Å². The van der Waals surface area contributed by atoms with Gasteiger partial charge in [0.1, 0.15) is 17.4 Å². The van der Waals surface area contributed by atoms with E-state index >= 15 is 0 Å². The van der Waals surface area contributed by atoms with E-state index < -0.39 is 17.5 Å². The molecule has 0 aliphatic carbocycles. The van der Waals surface area contributed by atoms with Crippen molar-refractivity contribution in [1.82, 2.24) is 3.97 Å². The number of ether oxygens (including phenoxy) is 1. The van der Waals surface area contributed by atoms with E-state index in [1.54, 1.807) is 42.9 Å². The average molecular weight is 483 g/mol. The number of rotatable bonds is 4. The number of amides is 1. The van der Waals surface area contributed by atoms with Crippen LogP contribution in [-0.4, -0.2) is 21.4 Å². The first-order chi connectivity index (χ1) is 12.1. The zero-order valence-electron chi connectivity index (χ0n) is 14.8. The summed E-state index contributed by atoms with van der Waals surface area (Å²) in [7, 11) is 1.30. The van der Waals surface area contributed by atoms with Crippen molar-refractivity contribution in [1.29, 1.82) is 5.26 Å². The maximum atomic E-state index is 12.4. The lowest BCUT2D eigenvalue weighted by atomic mass is 10.1. The molecule has 1 aromatic carbocycles. The minimum absolute atomic E-state index is 0.122. The summed E-state index contributed by atoms with van der Waals surface area (Å²) in [5.41, 5.74) is 1.81. The molecule has 0 saturated heterocycles. The summed E-state index contributed by atoms with van der Waals surface area (Å²) >= 11 is 2.06. The van der Waals surface area contributed by atoms with Crippen molar-refractivity contribution < 1.29 is 14.3 Å². The Bertz CT molecular complexity index is 951. The van der Waals surface area contributed by atoms with Crippen molar-refractivity contribution in [3.8, 4) is 6.07 Å². The molecule has 0 spiro atoms. The smallest absolute Gasteiger partial charge is 0.412 e. The number of hydrogen-bond acceptors (Lipinski definition) is 5. The number of fused-ring (bicyclic) bond motifs is 1. The van der Waals surface area contributed by atoms with E-state index in [0.717, 1.165) is 16.5 Å². The van der Waals surface area contributed by atoms with Crippen LogP contribution in [0, 0.1) is 18.3 Å². The molecular formula is C18H18IN3O3S. The van der Waals surface area contributed by atoms with E-state index in [1.807, 2.05) is 13.0 Å². The van der Waals surface area contributed by atoms with Crippen LogP contribution in [0.25, 0.3) is 10.9 Å². The largest absolute Gasteiger partial charge is 0.444 e. The van der Waals surface area contributed by atoms with Gasteiger partial charge in [-0.1, -0.05) is 6.58 Å². The van der Waals surface area contributed by atoms with Gasteiger partial charge >= 0.3 is 6.09 Å². The Morgan fingerprint density at radius 3 is 2.54 bits per heavy atom. The molecule has 0 aliphatic heterocycles. The molecule has 0 fully saturated rings. The highest BCUT2D eigenvalue weighted by molar-refractivity contribution is 14.2. The van der Waals surface area contributed by atoms with Gasteiger partial charge in [0.15, 0.2) is 0 Å². The number of carbonyl (C=O) groups is 2. The highest BCUT2D eigenvalue weighted by Crippen LogP contribution is 2.33. The Labute approximate surface area is 168 Å². The Hall–Kier alpha value is -1.99. The number of nitriles is 1. The number of benzene rings is 1. The number of allylic oxidation sites excluding steroid dienone is 1. The number of halogens is 1. The number of Topliss-reactive ketones (excluding diaryl/α,β-unsaturated/α-hetero) is 1. The summed E-state index contributed by atoms with van der Waals surface area (Å²) in [6.45, 7) is 10.7. The lowest BCUT2D eigenvalue weighted by Crippen LogP contribution is -2.27. The van der Waals surface area contributed by atoms with Gasteiger partial charge < -0.3 is 4.74 Å². The zero-order chi connectivity index (χ0) is 19.6. The molecule has 136 valence electrons. The van der Waals surface area contributed by atoms with Crippen molar-refractivity contribution in [2.45, 2.75) is 33.3 Å². The molecule has 26 heavy (non-hydrogen) atoms. The summed E-state index contributed by atoms with van der Waals surface area (Å²) in [6, 6.07) is 7.16. The van der Waals surface area contributed by atoms with Gasteiger partial charge in [0, 0.05) is 41.4 Å². The normalized spacial score (nSPS) is 11.1. The number of nitrogens with one attached hydrogen (secondary N) is 1. The Kier molecular flexibility index (Phi) is 6.03.